The Balaban J connectivity index is 2.17. The lowest BCUT2D eigenvalue weighted by molar-refractivity contribution is 0.159. The molecule has 1 fully saturated rings. The third kappa shape index (κ3) is 3.40. The highest BCUT2D eigenvalue weighted by Crippen LogP contribution is 2.43. The second-order valence-electron chi connectivity index (χ2n) is 6.54. The predicted octanol–water partition coefficient (Wildman–Crippen LogP) is 4.05. The van der Waals surface area contributed by atoms with Gasteiger partial charge in [0, 0.05) is 7.05 Å². The Morgan fingerprint density at radius 2 is 2.11 bits per heavy atom. The minimum Gasteiger partial charge on any atom is -0.309 e. The number of aromatic nitrogens is 2. The predicted molar refractivity (Wildman–Crippen MR) is 83.1 cm³/mol. The molecule has 1 aliphatic rings. The molecule has 1 aromatic rings. The van der Waals surface area contributed by atoms with Gasteiger partial charge in [0.2, 0.25) is 0 Å². The Kier molecular flexibility index (Phi) is 4.72. The number of rotatable bonds is 4. The van der Waals surface area contributed by atoms with Crippen LogP contribution in [0.5, 0.6) is 0 Å². The van der Waals surface area contributed by atoms with Crippen LogP contribution in [0.3, 0.4) is 0 Å². The molecule has 1 N–H and O–H groups in total. The molecule has 19 heavy (non-hydrogen) atoms. The van der Waals surface area contributed by atoms with Crippen LogP contribution in [0.2, 0.25) is 0 Å². The molecule has 1 aliphatic carbocycles. The summed E-state index contributed by atoms with van der Waals surface area (Å²) in [7, 11) is 2.04. The first-order valence-electron chi connectivity index (χ1n) is 7.35. The van der Waals surface area contributed by atoms with E-state index in [2.05, 4.69) is 47.1 Å². The van der Waals surface area contributed by atoms with E-state index in [4.69, 9.17) is 0 Å². The van der Waals surface area contributed by atoms with Crippen molar-refractivity contribution in [2.45, 2.75) is 52.5 Å². The van der Waals surface area contributed by atoms with Crippen molar-refractivity contribution in [3.8, 4) is 0 Å². The number of halogens is 1. The molecule has 2 rings (SSSR count). The number of hydrogen-bond donors (Lipinski definition) is 1. The summed E-state index contributed by atoms with van der Waals surface area (Å²) < 4.78 is 3.14. The van der Waals surface area contributed by atoms with E-state index in [-0.39, 0.29) is 0 Å². The third-order valence-corrected chi connectivity index (χ3v) is 5.12. The lowest BCUT2D eigenvalue weighted by Crippen LogP contribution is -2.34. The summed E-state index contributed by atoms with van der Waals surface area (Å²) >= 11 is 3.65. The van der Waals surface area contributed by atoms with Gasteiger partial charge in [-0.25, -0.2) is 0 Å². The van der Waals surface area contributed by atoms with Crippen molar-refractivity contribution in [1.82, 2.24) is 15.1 Å². The lowest BCUT2D eigenvalue weighted by Gasteiger charge is -2.38. The van der Waals surface area contributed by atoms with Crippen molar-refractivity contribution in [2.75, 3.05) is 6.54 Å². The van der Waals surface area contributed by atoms with E-state index in [0.29, 0.717) is 11.5 Å². The van der Waals surface area contributed by atoms with Gasteiger partial charge < -0.3 is 5.32 Å². The highest BCUT2D eigenvalue weighted by atomic mass is 79.9. The Bertz CT molecular complexity index is 396. The van der Waals surface area contributed by atoms with Crippen molar-refractivity contribution in [3.05, 3.63) is 16.4 Å². The van der Waals surface area contributed by atoms with Crippen molar-refractivity contribution in [3.63, 3.8) is 0 Å². The SMILES string of the molecule is CCNC(c1c(Br)cnn1C)C1CCC(C)(C)CC1. The minimum atomic E-state index is 0.419. The molecule has 1 unspecified atom stereocenters. The van der Waals surface area contributed by atoms with Gasteiger partial charge in [-0.3, -0.25) is 4.68 Å². The van der Waals surface area contributed by atoms with Gasteiger partial charge in [-0.05, 0) is 59.5 Å². The first-order valence-corrected chi connectivity index (χ1v) is 8.14. The minimum absolute atomic E-state index is 0.419. The van der Waals surface area contributed by atoms with Crippen LogP contribution in [-0.2, 0) is 7.05 Å². The molecule has 1 saturated carbocycles. The zero-order valence-corrected chi connectivity index (χ0v) is 14.1. The zero-order chi connectivity index (χ0) is 14.0. The fourth-order valence-corrected chi connectivity index (χ4v) is 3.83. The summed E-state index contributed by atoms with van der Waals surface area (Å²) in [6.45, 7) is 7.98. The van der Waals surface area contributed by atoms with E-state index in [1.807, 2.05) is 17.9 Å². The number of nitrogens with one attached hydrogen (secondary N) is 1. The second-order valence-corrected chi connectivity index (χ2v) is 7.39. The van der Waals surface area contributed by atoms with Gasteiger partial charge in [0.05, 0.1) is 22.4 Å². The highest BCUT2D eigenvalue weighted by molar-refractivity contribution is 9.10. The quantitative estimate of drug-likeness (QED) is 0.904. The maximum atomic E-state index is 4.37. The molecule has 0 bridgehead atoms. The van der Waals surface area contributed by atoms with Crippen LogP contribution in [0.4, 0.5) is 0 Å². The number of nitrogens with zero attached hydrogens (tertiary/aromatic N) is 2. The number of aryl methyl sites for hydroxylation is 1. The molecule has 0 radical (unpaired) electrons. The average molecular weight is 328 g/mol. The molecule has 108 valence electrons. The van der Waals surface area contributed by atoms with Crippen LogP contribution in [0.25, 0.3) is 0 Å². The Hall–Kier alpha value is -0.350. The average Bonchev–Trinajstić information content (AvgIpc) is 2.67. The first kappa shape index (κ1) is 15.0. The highest BCUT2D eigenvalue weighted by Gasteiger charge is 2.33. The topological polar surface area (TPSA) is 29.9 Å². The van der Waals surface area contributed by atoms with Crippen LogP contribution in [-0.4, -0.2) is 16.3 Å². The van der Waals surface area contributed by atoms with Crippen molar-refractivity contribution in [1.29, 1.82) is 0 Å². The van der Waals surface area contributed by atoms with Gasteiger partial charge >= 0.3 is 0 Å². The van der Waals surface area contributed by atoms with Crippen LogP contribution in [0.15, 0.2) is 10.7 Å². The number of hydrogen-bond acceptors (Lipinski definition) is 2. The summed E-state index contributed by atoms with van der Waals surface area (Å²) in [6.07, 6.45) is 7.18. The molecule has 4 heteroatoms. The van der Waals surface area contributed by atoms with E-state index in [0.717, 1.165) is 16.9 Å². The molecular weight excluding hydrogens is 302 g/mol. The fraction of sp³-hybridized carbons (Fsp3) is 0.800. The maximum Gasteiger partial charge on any atom is 0.0695 e. The van der Waals surface area contributed by atoms with Gasteiger partial charge in [0.1, 0.15) is 0 Å². The molecule has 3 nitrogen and oxygen atoms in total. The van der Waals surface area contributed by atoms with Gasteiger partial charge in [0.25, 0.3) is 0 Å². The smallest absolute Gasteiger partial charge is 0.0695 e. The second kappa shape index (κ2) is 5.96. The summed E-state index contributed by atoms with van der Waals surface area (Å²) in [6, 6.07) is 0.419. The van der Waals surface area contributed by atoms with Gasteiger partial charge in [0.15, 0.2) is 0 Å². The van der Waals surface area contributed by atoms with E-state index < -0.39 is 0 Å². The van der Waals surface area contributed by atoms with Crippen molar-refractivity contribution in [2.24, 2.45) is 18.4 Å². The molecule has 1 atom stereocenters. The normalized spacial score (nSPS) is 21.5. The Morgan fingerprint density at radius 1 is 1.47 bits per heavy atom. The Morgan fingerprint density at radius 3 is 2.58 bits per heavy atom. The molecule has 0 spiro atoms. The van der Waals surface area contributed by atoms with Gasteiger partial charge in [-0.15, -0.1) is 0 Å². The molecule has 0 saturated heterocycles. The van der Waals surface area contributed by atoms with Crippen molar-refractivity contribution < 1.29 is 0 Å². The first-order chi connectivity index (χ1) is 8.94. The van der Waals surface area contributed by atoms with Crippen LogP contribution in [0.1, 0.15) is 58.2 Å². The summed E-state index contributed by atoms with van der Waals surface area (Å²) in [5, 5.41) is 8.05. The maximum absolute atomic E-state index is 4.37. The van der Waals surface area contributed by atoms with Gasteiger partial charge in [-0.1, -0.05) is 20.8 Å². The van der Waals surface area contributed by atoms with Crippen molar-refractivity contribution >= 4 is 15.9 Å². The molecule has 1 aromatic heterocycles. The fourth-order valence-electron chi connectivity index (χ4n) is 3.23. The summed E-state index contributed by atoms with van der Waals surface area (Å²) in [5.41, 5.74) is 1.82. The lowest BCUT2D eigenvalue weighted by atomic mass is 9.70. The van der Waals surface area contributed by atoms with Crippen LogP contribution in [0, 0.1) is 11.3 Å². The van der Waals surface area contributed by atoms with E-state index in [1.54, 1.807) is 0 Å². The monoisotopic (exact) mass is 327 g/mol. The zero-order valence-electron chi connectivity index (χ0n) is 12.5. The van der Waals surface area contributed by atoms with E-state index in [9.17, 15) is 0 Å². The summed E-state index contributed by atoms with van der Waals surface area (Å²) in [5.74, 6) is 0.722. The molecule has 0 amide bonds. The summed E-state index contributed by atoms with van der Waals surface area (Å²) in [4.78, 5) is 0. The third-order valence-electron chi connectivity index (χ3n) is 4.51. The molecule has 1 heterocycles. The van der Waals surface area contributed by atoms with Crippen LogP contribution < -0.4 is 5.32 Å². The van der Waals surface area contributed by atoms with Gasteiger partial charge in [-0.2, -0.15) is 5.10 Å². The Labute approximate surface area is 125 Å². The largest absolute Gasteiger partial charge is 0.309 e. The molecular formula is C15H26BrN3. The molecule has 0 aliphatic heterocycles. The standard InChI is InChI=1S/C15H26BrN3/c1-5-17-13(14-12(16)10-18-19(14)4)11-6-8-15(2,3)9-7-11/h10-11,13,17H,5-9H2,1-4H3. The molecule has 0 aromatic carbocycles. The van der Waals surface area contributed by atoms with E-state index in [1.165, 1.54) is 31.4 Å². The van der Waals surface area contributed by atoms with E-state index >= 15 is 0 Å². The van der Waals surface area contributed by atoms with Crippen LogP contribution >= 0.6 is 15.9 Å².